The number of anilines is 2. The number of hydrogen-bond acceptors (Lipinski definition) is 5. The van der Waals surface area contributed by atoms with Crippen molar-refractivity contribution >= 4 is 60.8 Å². The van der Waals surface area contributed by atoms with Gasteiger partial charge in [0.2, 0.25) is 0 Å². The highest BCUT2D eigenvalue weighted by molar-refractivity contribution is 9.10. The number of halogens is 1. The number of benzene rings is 2. The van der Waals surface area contributed by atoms with Crippen LogP contribution in [0, 0.1) is 6.92 Å². The normalized spacial score (nSPS) is 13.4. The summed E-state index contributed by atoms with van der Waals surface area (Å²) < 4.78 is 1.10. The maximum Gasteiger partial charge on any atom is 0.143 e. The SMILES string of the molecule is Cc1cccc(Nc2nc(CSc3ccc(Br)cc3)nc3sc4c(c23)CCCC4)c1. The minimum atomic E-state index is 0.753. The zero-order chi connectivity index (χ0) is 20.5. The number of aromatic nitrogens is 2. The van der Waals surface area contributed by atoms with Gasteiger partial charge in [-0.1, -0.05) is 28.1 Å². The van der Waals surface area contributed by atoms with Gasteiger partial charge in [0.1, 0.15) is 16.5 Å². The summed E-state index contributed by atoms with van der Waals surface area (Å²) in [5, 5.41) is 4.84. The van der Waals surface area contributed by atoms with Gasteiger partial charge in [0.25, 0.3) is 0 Å². The number of thioether (sulfide) groups is 1. The van der Waals surface area contributed by atoms with Crippen molar-refractivity contribution in [2.45, 2.75) is 43.3 Å². The number of thiophene rings is 1. The predicted molar refractivity (Wildman–Crippen MR) is 132 cm³/mol. The summed E-state index contributed by atoms with van der Waals surface area (Å²) in [6, 6.07) is 16.9. The largest absolute Gasteiger partial charge is 0.340 e. The van der Waals surface area contributed by atoms with E-state index in [1.165, 1.54) is 45.5 Å². The zero-order valence-electron chi connectivity index (χ0n) is 16.7. The molecule has 0 fully saturated rings. The lowest BCUT2D eigenvalue weighted by Gasteiger charge is -2.13. The maximum absolute atomic E-state index is 4.99. The van der Waals surface area contributed by atoms with Crippen LogP contribution in [-0.4, -0.2) is 9.97 Å². The molecule has 0 spiro atoms. The van der Waals surface area contributed by atoms with Gasteiger partial charge >= 0.3 is 0 Å². The van der Waals surface area contributed by atoms with Crippen molar-refractivity contribution < 1.29 is 0 Å². The van der Waals surface area contributed by atoms with Crippen LogP contribution < -0.4 is 5.32 Å². The molecule has 6 heteroatoms. The van der Waals surface area contributed by atoms with Gasteiger partial charge in [-0.05, 0) is 80.1 Å². The minimum absolute atomic E-state index is 0.753. The Kier molecular flexibility index (Phi) is 5.81. The molecular formula is C24H22BrN3S2. The second kappa shape index (κ2) is 8.69. The average molecular weight is 496 g/mol. The molecule has 152 valence electrons. The molecule has 0 saturated carbocycles. The Morgan fingerprint density at radius 3 is 2.73 bits per heavy atom. The van der Waals surface area contributed by atoms with E-state index in [9.17, 15) is 0 Å². The van der Waals surface area contributed by atoms with Crippen LogP contribution in [0.2, 0.25) is 0 Å². The Bertz CT molecular complexity index is 1200. The highest BCUT2D eigenvalue weighted by atomic mass is 79.9. The summed E-state index contributed by atoms with van der Waals surface area (Å²) in [5.41, 5.74) is 3.78. The molecule has 1 N–H and O–H groups in total. The third kappa shape index (κ3) is 4.27. The van der Waals surface area contributed by atoms with Gasteiger partial charge in [-0.25, -0.2) is 9.97 Å². The fourth-order valence-electron chi connectivity index (χ4n) is 3.89. The first-order valence-corrected chi connectivity index (χ1v) is 12.8. The van der Waals surface area contributed by atoms with E-state index in [0.29, 0.717) is 0 Å². The van der Waals surface area contributed by atoms with Crippen molar-refractivity contribution in [3.05, 3.63) is 74.8 Å². The Hall–Kier alpha value is -1.89. The predicted octanol–water partition coefficient (Wildman–Crippen LogP) is 7.68. The van der Waals surface area contributed by atoms with Crippen LogP contribution in [0.15, 0.2) is 57.9 Å². The summed E-state index contributed by atoms with van der Waals surface area (Å²) >= 11 is 7.13. The second-order valence-corrected chi connectivity index (χ2v) is 10.7. The molecule has 4 aromatic rings. The Labute approximate surface area is 193 Å². The lowest BCUT2D eigenvalue weighted by Crippen LogP contribution is -2.03. The van der Waals surface area contributed by atoms with Gasteiger partial charge in [0, 0.05) is 19.9 Å². The Morgan fingerprint density at radius 1 is 1.07 bits per heavy atom. The van der Waals surface area contributed by atoms with Crippen molar-refractivity contribution in [3.8, 4) is 0 Å². The molecule has 2 heterocycles. The molecule has 30 heavy (non-hydrogen) atoms. The van der Waals surface area contributed by atoms with Crippen molar-refractivity contribution in [3.63, 3.8) is 0 Å². The maximum atomic E-state index is 4.99. The highest BCUT2D eigenvalue weighted by Crippen LogP contribution is 2.40. The summed E-state index contributed by atoms with van der Waals surface area (Å²) in [6.07, 6.45) is 4.83. The molecule has 0 bridgehead atoms. The summed E-state index contributed by atoms with van der Waals surface area (Å²) in [5.74, 6) is 2.59. The van der Waals surface area contributed by atoms with Crippen LogP contribution in [0.5, 0.6) is 0 Å². The molecule has 2 aromatic carbocycles. The topological polar surface area (TPSA) is 37.8 Å². The molecule has 3 nitrogen and oxygen atoms in total. The minimum Gasteiger partial charge on any atom is -0.340 e. The zero-order valence-corrected chi connectivity index (χ0v) is 20.0. The van der Waals surface area contributed by atoms with Gasteiger partial charge in [0.15, 0.2) is 0 Å². The molecule has 0 unspecified atom stereocenters. The number of nitrogens with zero attached hydrogens (tertiary/aromatic N) is 2. The van der Waals surface area contributed by atoms with Gasteiger partial charge in [-0.3, -0.25) is 0 Å². The number of hydrogen-bond donors (Lipinski definition) is 1. The standard InChI is InChI=1S/C24H22BrN3S2/c1-15-5-4-6-17(13-15)26-23-22-19-7-2-3-8-20(19)30-24(22)28-21(27-23)14-29-18-11-9-16(25)10-12-18/h4-6,9-13H,2-3,7-8,14H2,1H3,(H,26,27,28). The van der Waals surface area contributed by atoms with E-state index >= 15 is 0 Å². The van der Waals surface area contributed by atoms with Crippen LogP contribution in [0.4, 0.5) is 11.5 Å². The van der Waals surface area contributed by atoms with Gasteiger partial charge in [-0.15, -0.1) is 23.1 Å². The molecule has 1 aliphatic rings. The fourth-order valence-corrected chi connectivity index (χ4v) is 6.19. The van der Waals surface area contributed by atoms with Crippen LogP contribution in [0.25, 0.3) is 10.2 Å². The van der Waals surface area contributed by atoms with Gasteiger partial charge < -0.3 is 5.32 Å². The van der Waals surface area contributed by atoms with Crippen LogP contribution in [-0.2, 0) is 18.6 Å². The van der Waals surface area contributed by atoms with Crippen LogP contribution in [0.1, 0.15) is 34.7 Å². The second-order valence-electron chi connectivity index (χ2n) is 7.62. The highest BCUT2D eigenvalue weighted by Gasteiger charge is 2.21. The van der Waals surface area contributed by atoms with E-state index in [0.717, 1.165) is 38.8 Å². The lowest BCUT2D eigenvalue weighted by molar-refractivity contribution is 0.700. The molecule has 5 rings (SSSR count). The van der Waals surface area contributed by atoms with Crippen LogP contribution >= 0.6 is 39.0 Å². The summed E-state index contributed by atoms with van der Waals surface area (Å²) in [6.45, 7) is 2.12. The van der Waals surface area contributed by atoms with Crippen molar-refractivity contribution in [2.24, 2.45) is 0 Å². The number of fused-ring (bicyclic) bond motifs is 3. The molecule has 0 atom stereocenters. The lowest BCUT2D eigenvalue weighted by atomic mass is 9.97. The third-order valence-electron chi connectivity index (χ3n) is 5.32. The molecule has 0 radical (unpaired) electrons. The monoisotopic (exact) mass is 495 g/mol. The number of nitrogens with one attached hydrogen (secondary N) is 1. The molecule has 2 aromatic heterocycles. The third-order valence-corrected chi connectivity index (χ3v) is 8.05. The Balaban J connectivity index is 1.52. The Morgan fingerprint density at radius 2 is 1.90 bits per heavy atom. The van der Waals surface area contributed by atoms with E-state index in [2.05, 4.69) is 76.7 Å². The van der Waals surface area contributed by atoms with E-state index < -0.39 is 0 Å². The van der Waals surface area contributed by atoms with E-state index in [-0.39, 0.29) is 0 Å². The van der Waals surface area contributed by atoms with E-state index in [4.69, 9.17) is 9.97 Å². The van der Waals surface area contributed by atoms with Crippen molar-refractivity contribution in [2.75, 3.05) is 5.32 Å². The van der Waals surface area contributed by atoms with E-state index in [1.54, 1.807) is 11.8 Å². The van der Waals surface area contributed by atoms with Crippen LogP contribution in [0.3, 0.4) is 0 Å². The molecule has 1 aliphatic carbocycles. The number of aryl methyl sites for hydroxylation is 3. The molecular weight excluding hydrogens is 474 g/mol. The quantitative estimate of drug-likeness (QED) is 0.288. The first-order valence-electron chi connectivity index (χ1n) is 10.2. The van der Waals surface area contributed by atoms with Gasteiger partial charge in [0.05, 0.1) is 11.1 Å². The average Bonchev–Trinajstić information content (AvgIpc) is 3.12. The van der Waals surface area contributed by atoms with E-state index in [1.807, 2.05) is 11.3 Å². The number of rotatable bonds is 5. The molecule has 0 saturated heterocycles. The first kappa shape index (κ1) is 20.0. The first-order chi connectivity index (χ1) is 14.7. The van der Waals surface area contributed by atoms with Crippen molar-refractivity contribution in [1.82, 2.24) is 9.97 Å². The smallest absolute Gasteiger partial charge is 0.143 e. The molecule has 0 aliphatic heterocycles. The van der Waals surface area contributed by atoms with Gasteiger partial charge in [-0.2, -0.15) is 0 Å². The van der Waals surface area contributed by atoms with Crippen molar-refractivity contribution in [1.29, 1.82) is 0 Å². The fraction of sp³-hybridized carbons (Fsp3) is 0.250. The summed E-state index contributed by atoms with van der Waals surface area (Å²) in [4.78, 5) is 13.8. The summed E-state index contributed by atoms with van der Waals surface area (Å²) in [7, 11) is 0. The molecule has 0 amide bonds.